The largest absolute Gasteiger partial charge is 0.340 e. The summed E-state index contributed by atoms with van der Waals surface area (Å²) in [5.74, 6) is 0.254. The lowest BCUT2D eigenvalue weighted by molar-refractivity contribution is -0.133. The van der Waals surface area contributed by atoms with E-state index in [1.54, 1.807) is 23.1 Å². The number of likely N-dealkylation sites (tertiary alicyclic amines) is 1. The van der Waals surface area contributed by atoms with Crippen LogP contribution in [0.2, 0.25) is 0 Å². The molecule has 1 aromatic rings. The molecular weight excluding hydrogens is 276 g/mol. The standard InChI is InChI=1S/C14H20N2O3S/c1-10(2)12-5-4-6-14(7-12)20(18,19)15-13-8-16(9-13)11(3)17/h4-7,10,13,15H,8-9H2,1-3H3. The van der Waals surface area contributed by atoms with E-state index in [0.29, 0.717) is 13.1 Å². The maximum absolute atomic E-state index is 12.3. The second kappa shape index (κ2) is 5.54. The Balaban J connectivity index is 2.08. The molecule has 20 heavy (non-hydrogen) atoms. The van der Waals surface area contributed by atoms with Crippen molar-refractivity contribution in [3.63, 3.8) is 0 Å². The smallest absolute Gasteiger partial charge is 0.240 e. The van der Waals surface area contributed by atoms with Gasteiger partial charge in [0.1, 0.15) is 0 Å². The van der Waals surface area contributed by atoms with Gasteiger partial charge in [-0.25, -0.2) is 13.1 Å². The highest BCUT2D eigenvalue weighted by molar-refractivity contribution is 7.89. The summed E-state index contributed by atoms with van der Waals surface area (Å²) in [6.07, 6.45) is 0. The summed E-state index contributed by atoms with van der Waals surface area (Å²) in [5, 5.41) is 0. The summed E-state index contributed by atoms with van der Waals surface area (Å²) >= 11 is 0. The molecule has 2 rings (SSSR count). The van der Waals surface area contributed by atoms with Gasteiger partial charge in [-0.3, -0.25) is 4.79 Å². The molecule has 1 aliphatic heterocycles. The fourth-order valence-electron chi connectivity index (χ4n) is 2.14. The summed E-state index contributed by atoms with van der Waals surface area (Å²) in [7, 11) is -3.51. The first-order chi connectivity index (χ1) is 9.29. The highest BCUT2D eigenvalue weighted by atomic mass is 32.2. The molecule has 6 heteroatoms. The van der Waals surface area contributed by atoms with Gasteiger partial charge in [0.15, 0.2) is 0 Å². The number of nitrogens with one attached hydrogen (secondary N) is 1. The monoisotopic (exact) mass is 296 g/mol. The minimum atomic E-state index is -3.51. The van der Waals surface area contributed by atoms with Crippen molar-refractivity contribution in [2.75, 3.05) is 13.1 Å². The molecule has 5 nitrogen and oxygen atoms in total. The summed E-state index contributed by atoms with van der Waals surface area (Å²) in [5.41, 5.74) is 0.992. The zero-order chi connectivity index (χ0) is 14.9. The van der Waals surface area contributed by atoms with Crippen LogP contribution in [0.15, 0.2) is 29.2 Å². The van der Waals surface area contributed by atoms with Gasteiger partial charge in [-0.15, -0.1) is 0 Å². The van der Waals surface area contributed by atoms with Gasteiger partial charge in [-0.2, -0.15) is 0 Å². The number of sulfonamides is 1. The number of nitrogens with zero attached hydrogens (tertiary/aromatic N) is 1. The average Bonchev–Trinajstić information content (AvgIpc) is 2.33. The number of carbonyl (C=O) groups is 1. The van der Waals surface area contributed by atoms with Gasteiger partial charge in [0.05, 0.1) is 10.9 Å². The van der Waals surface area contributed by atoms with Crippen molar-refractivity contribution in [1.29, 1.82) is 0 Å². The van der Waals surface area contributed by atoms with Crippen molar-refractivity contribution >= 4 is 15.9 Å². The normalized spacial score (nSPS) is 16.3. The van der Waals surface area contributed by atoms with Crippen molar-refractivity contribution in [2.45, 2.75) is 37.6 Å². The Morgan fingerprint density at radius 2 is 2.00 bits per heavy atom. The van der Waals surface area contributed by atoms with Crippen LogP contribution in [0.4, 0.5) is 0 Å². The lowest BCUT2D eigenvalue weighted by Crippen LogP contribution is -2.60. The van der Waals surface area contributed by atoms with E-state index in [0.717, 1.165) is 5.56 Å². The van der Waals surface area contributed by atoms with Gasteiger partial charge >= 0.3 is 0 Å². The summed E-state index contributed by atoms with van der Waals surface area (Å²) in [6, 6.07) is 6.78. The fourth-order valence-corrected chi connectivity index (χ4v) is 3.41. The van der Waals surface area contributed by atoms with Crippen molar-refractivity contribution in [3.8, 4) is 0 Å². The van der Waals surface area contributed by atoms with Crippen LogP contribution in [0.3, 0.4) is 0 Å². The molecule has 0 bridgehead atoms. The molecule has 1 saturated heterocycles. The van der Waals surface area contributed by atoms with Crippen LogP contribution in [0, 0.1) is 0 Å². The van der Waals surface area contributed by atoms with Crippen molar-refractivity contribution in [1.82, 2.24) is 9.62 Å². The minimum Gasteiger partial charge on any atom is -0.340 e. The number of rotatable bonds is 4. The summed E-state index contributed by atoms with van der Waals surface area (Å²) in [4.78, 5) is 13.0. The topological polar surface area (TPSA) is 66.5 Å². The van der Waals surface area contributed by atoms with E-state index in [1.165, 1.54) is 6.92 Å². The first-order valence-corrected chi connectivity index (χ1v) is 8.15. The molecule has 0 spiro atoms. The molecule has 0 aliphatic carbocycles. The minimum absolute atomic E-state index is 0.0257. The molecule has 1 heterocycles. The number of hydrogen-bond donors (Lipinski definition) is 1. The summed E-state index contributed by atoms with van der Waals surface area (Å²) < 4.78 is 27.2. The Labute approximate surface area is 120 Å². The van der Waals surface area contributed by atoms with Crippen LogP contribution < -0.4 is 4.72 Å². The van der Waals surface area contributed by atoms with E-state index in [-0.39, 0.29) is 22.8 Å². The lowest BCUT2D eigenvalue weighted by atomic mass is 10.0. The number of benzene rings is 1. The third-order valence-electron chi connectivity index (χ3n) is 3.48. The van der Waals surface area contributed by atoms with Gasteiger partial charge in [0, 0.05) is 20.0 Å². The van der Waals surface area contributed by atoms with Crippen LogP contribution in [0.1, 0.15) is 32.3 Å². The van der Waals surface area contributed by atoms with Crippen molar-refractivity contribution in [2.24, 2.45) is 0 Å². The quantitative estimate of drug-likeness (QED) is 0.911. The van der Waals surface area contributed by atoms with Gasteiger partial charge in [0.2, 0.25) is 15.9 Å². The number of hydrogen-bond acceptors (Lipinski definition) is 3. The van der Waals surface area contributed by atoms with E-state index in [9.17, 15) is 13.2 Å². The Bertz CT molecular complexity index is 605. The Morgan fingerprint density at radius 3 is 2.55 bits per heavy atom. The van der Waals surface area contributed by atoms with Gasteiger partial charge in [-0.05, 0) is 23.6 Å². The Hall–Kier alpha value is -1.40. The van der Waals surface area contributed by atoms with Crippen LogP contribution in [0.5, 0.6) is 0 Å². The maximum Gasteiger partial charge on any atom is 0.240 e. The molecule has 1 amide bonds. The third-order valence-corrected chi connectivity index (χ3v) is 5.00. The predicted octanol–water partition coefficient (Wildman–Crippen LogP) is 1.32. The van der Waals surface area contributed by atoms with Crippen LogP contribution >= 0.6 is 0 Å². The zero-order valence-electron chi connectivity index (χ0n) is 12.0. The molecule has 0 radical (unpaired) electrons. The summed E-state index contributed by atoms with van der Waals surface area (Å²) in [6.45, 7) is 6.42. The second-order valence-corrected chi connectivity index (χ2v) is 7.18. The molecule has 110 valence electrons. The van der Waals surface area contributed by atoms with Crippen LogP contribution in [0.25, 0.3) is 0 Å². The van der Waals surface area contributed by atoms with Gasteiger partial charge in [-0.1, -0.05) is 26.0 Å². The molecule has 1 N–H and O–H groups in total. The van der Waals surface area contributed by atoms with E-state index in [1.807, 2.05) is 19.9 Å². The van der Waals surface area contributed by atoms with E-state index < -0.39 is 10.0 Å². The number of amides is 1. The molecule has 0 saturated carbocycles. The van der Waals surface area contributed by atoms with Crippen LogP contribution in [-0.2, 0) is 14.8 Å². The van der Waals surface area contributed by atoms with Crippen molar-refractivity contribution < 1.29 is 13.2 Å². The van der Waals surface area contributed by atoms with Gasteiger partial charge < -0.3 is 4.90 Å². The average molecular weight is 296 g/mol. The fraction of sp³-hybridized carbons (Fsp3) is 0.500. The highest BCUT2D eigenvalue weighted by Crippen LogP contribution is 2.19. The van der Waals surface area contributed by atoms with E-state index >= 15 is 0 Å². The second-order valence-electron chi connectivity index (χ2n) is 5.47. The number of carbonyl (C=O) groups excluding carboxylic acids is 1. The molecule has 1 aromatic carbocycles. The van der Waals surface area contributed by atoms with Crippen LogP contribution in [-0.4, -0.2) is 38.4 Å². The molecular formula is C14H20N2O3S. The van der Waals surface area contributed by atoms with E-state index in [2.05, 4.69) is 4.72 Å². The SMILES string of the molecule is CC(=O)N1CC(NS(=O)(=O)c2cccc(C(C)C)c2)C1. The zero-order valence-corrected chi connectivity index (χ0v) is 12.8. The first kappa shape index (κ1) is 15.0. The maximum atomic E-state index is 12.3. The molecule has 0 aromatic heterocycles. The molecule has 0 unspecified atom stereocenters. The Kier molecular flexibility index (Phi) is 4.15. The van der Waals surface area contributed by atoms with Gasteiger partial charge in [0.25, 0.3) is 0 Å². The van der Waals surface area contributed by atoms with Crippen molar-refractivity contribution in [3.05, 3.63) is 29.8 Å². The highest BCUT2D eigenvalue weighted by Gasteiger charge is 2.32. The molecule has 1 aliphatic rings. The predicted molar refractivity (Wildman–Crippen MR) is 76.9 cm³/mol. The Morgan fingerprint density at radius 1 is 1.35 bits per heavy atom. The molecule has 0 atom stereocenters. The third kappa shape index (κ3) is 3.19. The first-order valence-electron chi connectivity index (χ1n) is 6.67. The lowest BCUT2D eigenvalue weighted by Gasteiger charge is -2.38. The van der Waals surface area contributed by atoms with E-state index in [4.69, 9.17) is 0 Å². The molecule has 1 fully saturated rings.